The Kier molecular flexibility index (Phi) is 5.55. The van der Waals surface area contributed by atoms with E-state index >= 15 is 0 Å². The summed E-state index contributed by atoms with van der Waals surface area (Å²) >= 11 is 0. The van der Waals surface area contributed by atoms with Crippen LogP contribution in [0.1, 0.15) is 5.56 Å². The SMILES string of the molecule is O=S(=O)(c1ccc2ccccc2c1)n1ccc2cc(N3CCN(Cc4ccccc4)CC3)ccc21. The Morgan fingerprint density at radius 3 is 2.20 bits per heavy atom. The van der Waals surface area contributed by atoms with E-state index in [1.54, 1.807) is 18.3 Å². The van der Waals surface area contributed by atoms with E-state index < -0.39 is 10.0 Å². The smallest absolute Gasteiger partial charge is 0.268 e. The Balaban J connectivity index is 1.22. The number of hydrogen-bond donors (Lipinski definition) is 0. The number of hydrogen-bond acceptors (Lipinski definition) is 4. The van der Waals surface area contributed by atoms with Crippen molar-refractivity contribution in [2.75, 3.05) is 31.1 Å². The highest BCUT2D eigenvalue weighted by atomic mass is 32.2. The van der Waals surface area contributed by atoms with Gasteiger partial charge in [0.2, 0.25) is 0 Å². The fraction of sp³-hybridized carbons (Fsp3) is 0.172. The van der Waals surface area contributed by atoms with E-state index in [9.17, 15) is 8.42 Å². The predicted molar refractivity (Wildman–Crippen MR) is 142 cm³/mol. The Labute approximate surface area is 205 Å². The number of nitrogens with zero attached hydrogens (tertiary/aromatic N) is 3. The van der Waals surface area contributed by atoms with Crippen molar-refractivity contribution < 1.29 is 8.42 Å². The molecule has 0 aliphatic carbocycles. The molecular weight excluding hydrogens is 454 g/mol. The van der Waals surface area contributed by atoms with Crippen LogP contribution in [0.4, 0.5) is 5.69 Å². The summed E-state index contributed by atoms with van der Waals surface area (Å²) in [5, 5.41) is 2.87. The molecule has 0 bridgehead atoms. The second-order valence-corrected chi connectivity index (χ2v) is 10.9. The lowest BCUT2D eigenvalue weighted by atomic mass is 10.1. The van der Waals surface area contributed by atoms with Crippen LogP contribution >= 0.6 is 0 Å². The van der Waals surface area contributed by atoms with E-state index in [0.717, 1.165) is 54.6 Å². The first-order chi connectivity index (χ1) is 17.1. The van der Waals surface area contributed by atoms with Gasteiger partial charge in [0.15, 0.2) is 0 Å². The first-order valence-electron chi connectivity index (χ1n) is 11.9. The van der Waals surface area contributed by atoms with Crippen LogP contribution in [0.2, 0.25) is 0 Å². The minimum atomic E-state index is -3.69. The fourth-order valence-electron chi connectivity index (χ4n) is 4.96. The zero-order valence-corrected chi connectivity index (χ0v) is 20.2. The third-order valence-corrected chi connectivity index (χ3v) is 8.59. The van der Waals surface area contributed by atoms with Gasteiger partial charge in [-0.1, -0.05) is 60.7 Å². The maximum absolute atomic E-state index is 13.5. The number of rotatable bonds is 5. The lowest BCUT2D eigenvalue weighted by molar-refractivity contribution is 0.250. The molecule has 5 aromatic rings. The van der Waals surface area contributed by atoms with Crippen LogP contribution < -0.4 is 4.90 Å². The van der Waals surface area contributed by atoms with E-state index in [1.165, 1.54) is 9.54 Å². The van der Waals surface area contributed by atoms with E-state index in [1.807, 2.05) is 48.5 Å². The van der Waals surface area contributed by atoms with Crippen molar-refractivity contribution in [3.8, 4) is 0 Å². The second-order valence-electron chi connectivity index (χ2n) is 9.12. The van der Waals surface area contributed by atoms with E-state index in [-0.39, 0.29) is 0 Å². The average Bonchev–Trinajstić information content (AvgIpc) is 3.34. The summed E-state index contributed by atoms with van der Waals surface area (Å²) in [6, 6.07) is 31.7. The van der Waals surface area contributed by atoms with Crippen molar-refractivity contribution in [1.82, 2.24) is 8.87 Å². The van der Waals surface area contributed by atoms with Gasteiger partial charge in [0.25, 0.3) is 10.0 Å². The molecule has 1 aliphatic rings. The van der Waals surface area contributed by atoms with Crippen LogP contribution in [0.25, 0.3) is 21.7 Å². The number of aromatic nitrogens is 1. The summed E-state index contributed by atoms with van der Waals surface area (Å²) in [6.45, 7) is 4.89. The normalized spacial score (nSPS) is 15.1. The highest BCUT2D eigenvalue weighted by Crippen LogP contribution is 2.28. The predicted octanol–water partition coefficient (Wildman–Crippen LogP) is 5.35. The molecule has 4 aromatic carbocycles. The van der Waals surface area contributed by atoms with Gasteiger partial charge in [0.05, 0.1) is 10.4 Å². The molecule has 1 saturated heterocycles. The van der Waals surface area contributed by atoms with Crippen molar-refractivity contribution in [3.05, 3.63) is 109 Å². The molecule has 0 radical (unpaired) electrons. The highest BCUT2D eigenvalue weighted by molar-refractivity contribution is 7.90. The minimum Gasteiger partial charge on any atom is -0.369 e. The Hall–Kier alpha value is -3.61. The average molecular weight is 482 g/mol. The largest absolute Gasteiger partial charge is 0.369 e. The first kappa shape index (κ1) is 21.9. The summed E-state index contributed by atoms with van der Waals surface area (Å²) in [4.78, 5) is 5.17. The topological polar surface area (TPSA) is 45.6 Å². The van der Waals surface area contributed by atoms with E-state index in [0.29, 0.717) is 10.4 Å². The van der Waals surface area contributed by atoms with Crippen molar-refractivity contribution in [2.45, 2.75) is 11.4 Å². The van der Waals surface area contributed by atoms with Gasteiger partial charge < -0.3 is 4.90 Å². The molecule has 1 aromatic heterocycles. The molecule has 5 nitrogen and oxygen atoms in total. The molecule has 176 valence electrons. The van der Waals surface area contributed by atoms with Gasteiger partial charge in [-0.25, -0.2) is 12.4 Å². The van der Waals surface area contributed by atoms with Gasteiger partial charge in [0.1, 0.15) is 0 Å². The van der Waals surface area contributed by atoms with Crippen molar-refractivity contribution in [3.63, 3.8) is 0 Å². The molecule has 0 spiro atoms. The molecular formula is C29H27N3O2S. The summed E-state index contributed by atoms with van der Waals surface area (Å²) in [6.07, 6.45) is 1.66. The summed E-state index contributed by atoms with van der Waals surface area (Å²) in [7, 11) is -3.69. The second kappa shape index (κ2) is 8.87. The van der Waals surface area contributed by atoms with Crippen LogP contribution in [-0.2, 0) is 16.6 Å². The Morgan fingerprint density at radius 2 is 1.40 bits per heavy atom. The molecule has 2 heterocycles. The standard InChI is InChI=1S/C29H27N3O2S/c33-35(34,28-12-10-24-8-4-5-9-25(24)21-28)32-15-14-26-20-27(11-13-29(26)32)31-18-16-30(17-19-31)22-23-6-2-1-3-7-23/h1-15,20-21H,16-19,22H2. The molecule has 0 atom stereocenters. The monoisotopic (exact) mass is 481 g/mol. The maximum atomic E-state index is 13.5. The first-order valence-corrected chi connectivity index (χ1v) is 13.4. The Morgan fingerprint density at radius 1 is 0.657 bits per heavy atom. The summed E-state index contributed by atoms with van der Waals surface area (Å²) in [5.74, 6) is 0. The van der Waals surface area contributed by atoms with Crippen molar-refractivity contribution >= 4 is 37.4 Å². The molecule has 0 N–H and O–H groups in total. The van der Waals surface area contributed by atoms with Gasteiger partial charge in [0, 0.05) is 50.0 Å². The number of fused-ring (bicyclic) bond motifs is 2. The van der Waals surface area contributed by atoms with Gasteiger partial charge in [-0.3, -0.25) is 4.90 Å². The minimum absolute atomic E-state index is 0.298. The lowest BCUT2D eigenvalue weighted by Gasteiger charge is -2.36. The van der Waals surface area contributed by atoms with Crippen molar-refractivity contribution in [2.24, 2.45) is 0 Å². The molecule has 35 heavy (non-hydrogen) atoms. The van der Waals surface area contributed by atoms with Crippen LogP contribution in [0, 0.1) is 0 Å². The molecule has 6 heteroatoms. The number of anilines is 1. The molecule has 0 saturated carbocycles. The molecule has 0 unspecified atom stereocenters. The van der Waals surface area contributed by atoms with Crippen LogP contribution in [0.15, 0.2) is 108 Å². The molecule has 6 rings (SSSR count). The van der Waals surface area contributed by atoms with Crippen molar-refractivity contribution in [1.29, 1.82) is 0 Å². The molecule has 0 amide bonds. The number of piperazine rings is 1. The van der Waals surface area contributed by atoms with Gasteiger partial charge >= 0.3 is 0 Å². The van der Waals surface area contributed by atoms with E-state index in [2.05, 4.69) is 46.2 Å². The molecule has 1 fully saturated rings. The summed E-state index contributed by atoms with van der Waals surface area (Å²) < 4.78 is 28.3. The van der Waals surface area contributed by atoms with E-state index in [4.69, 9.17) is 0 Å². The van der Waals surface area contributed by atoms with Crippen LogP contribution in [0.3, 0.4) is 0 Å². The number of benzene rings is 4. The Bertz CT molecular complexity index is 1600. The summed E-state index contributed by atoms with van der Waals surface area (Å²) in [5.41, 5.74) is 3.18. The quantitative estimate of drug-likeness (QED) is 0.339. The zero-order valence-electron chi connectivity index (χ0n) is 19.4. The molecule has 1 aliphatic heterocycles. The third-order valence-electron chi connectivity index (χ3n) is 6.90. The highest BCUT2D eigenvalue weighted by Gasteiger charge is 2.21. The van der Waals surface area contributed by atoms with Gasteiger partial charge in [-0.2, -0.15) is 0 Å². The van der Waals surface area contributed by atoms with Gasteiger partial charge in [-0.05, 0) is 52.7 Å². The lowest BCUT2D eigenvalue weighted by Crippen LogP contribution is -2.45. The maximum Gasteiger partial charge on any atom is 0.268 e. The fourth-order valence-corrected chi connectivity index (χ4v) is 6.35. The van der Waals surface area contributed by atoms with Crippen LogP contribution in [-0.4, -0.2) is 43.5 Å². The third kappa shape index (κ3) is 4.20. The van der Waals surface area contributed by atoms with Gasteiger partial charge in [-0.15, -0.1) is 0 Å². The van der Waals surface area contributed by atoms with Crippen LogP contribution in [0.5, 0.6) is 0 Å². The zero-order chi connectivity index (χ0) is 23.8.